The normalized spacial score (nSPS) is 10.8. The van der Waals surface area contributed by atoms with Crippen molar-refractivity contribution in [3.05, 3.63) is 88.5 Å². The van der Waals surface area contributed by atoms with E-state index >= 15 is 0 Å². The van der Waals surface area contributed by atoms with Crippen LogP contribution in [-0.4, -0.2) is 39.4 Å². The standard InChI is InChI=1S/C25H23FN4O2S/c1-3-29(24(32)22-10-7-13-33-22)16-23(31)28-25-27-21(18-8-5-4-6-9-18)15-30(25)19-12-11-17(2)20(26)14-19/h4-15H,3,16H2,1-2H3,(H,27,28,31). The average Bonchev–Trinajstić information content (AvgIpc) is 3.50. The minimum absolute atomic E-state index is 0.122. The molecule has 2 heterocycles. The highest BCUT2D eigenvalue weighted by atomic mass is 32.1. The monoisotopic (exact) mass is 462 g/mol. The van der Waals surface area contributed by atoms with Crippen molar-refractivity contribution >= 4 is 29.1 Å². The smallest absolute Gasteiger partial charge is 0.264 e. The fourth-order valence-corrected chi connectivity index (χ4v) is 4.06. The zero-order valence-electron chi connectivity index (χ0n) is 18.3. The molecule has 0 saturated heterocycles. The van der Waals surface area contributed by atoms with Gasteiger partial charge in [0.1, 0.15) is 12.4 Å². The van der Waals surface area contributed by atoms with E-state index in [1.54, 1.807) is 42.0 Å². The van der Waals surface area contributed by atoms with Crippen LogP contribution >= 0.6 is 11.3 Å². The Kier molecular flexibility index (Phi) is 6.65. The number of benzene rings is 2. The van der Waals surface area contributed by atoms with Gasteiger partial charge in [-0.25, -0.2) is 9.37 Å². The largest absolute Gasteiger partial charge is 0.329 e. The maximum absolute atomic E-state index is 14.3. The van der Waals surface area contributed by atoms with Crippen LogP contribution in [0.5, 0.6) is 0 Å². The van der Waals surface area contributed by atoms with Crippen LogP contribution in [0.3, 0.4) is 0 Å². The molecule has 2 aromatic heterocycles. The van der Waals surface area contributed by atoms with Gasteiger partial charge < -0.3 is 4.90 Å². The van der Waals surface area contributed by atoms with Gasteiger partial charge in [0.25, 0.3) is 5.91 Å². The predicted molar refractivity (Wildman–Crippen MR) is 128 cm³/mol. The Morgan fingerprint density at radius 1 is 1.12 bits per heavy atom. The molecule has 0 spiro atoms. The summed E-state index contributed by atoms with van der Waals surface area (Å²) >= 11 is 1.33. The van der Waals surface area contributed by atoms with E-state index in [2.05, 4.69) is 10.3 Å². The molecule has 0 aliphatic carbocycles. The zero-order valence-corrected chi connectivity index (χ0v) is 19.1. The molecular weight excluding hydrogens is 439 g/mol. The lowest BCUT2D eigenvalue weighted by molar-refractivity contribution is -0.116. The van der Waals surface area contributed by atoms with E-state index in [9.17, 15) is 14.0 Å². The van der Waals surface area contributed by atoms with E-state index < -0.39 is 0 Å². The number of hydrogen-bond acceptors (Lipinski definition) is 4. The van der Waals surface area contributed by atoms with Gasteiger partial charge in [-0.3, -0.25) is 19.5 Å². The molecule has 168 valence electrons. The summed E-state index contributed by atoms with van der Waals surface area (Å²) < 4.78 is 15.9. The molecule has 4 aromatic rings. The quantitative estimate of drug-likeness (QED) is 0.413. The van der Waals surface area contributed by atoms with Crippen molar-refractivity contribution in [3.63, 3.8) is 0 Å². The third-order valence-corrected chi connectivity index (χ3v) is 6.05. The Morgan fingerprint density at radius 2 is 1.91 bits per heavy atom. The molecule has 6 nitrogen and oxygen atoms in total. The third-order valence-electron chi connectivity index (χ3n) is 5.20. The van der Waals surface area contributed by atoms with E-state index in [0.717, 1.165) is 5.56 Å². The lowest BCUT2D eigenvalue weighted by atomic mass is 10.2. The Morgan fingerprint density at radius 3 is 2.58 bits per heavy atom. The predicted octanol–water partition coefficient (Wildman–Crippen LogP) is 5.15. The Bertz CT molecular complexity index is 1270. The highest BCUT2D eigenvalue weighted by Gasteiger charge is 2.20. The molecule has 0 radical (unpaired) electrons. The number of aromatic nitrogens is 2. The summed E-state index contributed by atoms with van der Waals surface area (Å²) in [6.07, 6.45) is 1.75. The van der Waals surface area contributed by atoms with Crippen molar-refractivity contribution in [2.75, 3.05) is 18.4 Å². The van der Waals surface area contributed by atoms with E-state index in [0.29, 0.717) is 28.4 Å². The molecule has 2 amide bonds. The number of carbonyl (C=O) groups is 2. The van der Waals surface area contributed by atoms with E-state index in [1.165, 1.54) is 22.3 Å². The average molecular weight is 463 g/mol. The maximum atomic E-state index is 14.3. The number of rotatable bonds is 7. The lowest BCUT2D eigenvalue weighted by Crippen LogP contribution is -2.37. The molecule has 2 aromatic carbocycles. The summed E-state index contributed by atoms with van der Waals surface area (Å²) in [5.41, 5.74) is 2.56. The molecule has 1 N–H and O–H groups in total. The summed E-state index contributed by atoms with van der Waals surface area (Å²) in [5.74, 6) is -0.683. The number of hydrogen-bond donors (Lipinski definition) is 1. The molecule has 33 heavy (non-hydrogen) atoms. The number of imidazole rings is 1. The number of aryl methyl sites for hydroxylation is 1. The van der Waals surface area contributed by atoms with Crippen LogP contribution in [-0.2, 0) is 4.79 Å². The Hall–Kier alpha value is -3.78. The van der Waals surface area contributed by atoms with Gasteiger partial charge in [0, 0.05) is 18.3 Å². The number of nitrogens with one attached hydrogen (secondary N) is 1. The SMILES string of the molecule is CCN(CC(=O)Nc1nc(-c2ccccc2)cn1-c1ccc(C)c(F)c1)C(=O)c1cccs1. The van der Waals surface area contributed by atoms with Crippen molar-refractivity contribution < 1.29 is 14.0 Å². The van der Waals surface area contributed by atoms with Crippen molar-refractivity contribution in [2.24, 2.45) is 0 Å². The van der Waals surface area contributed by atoms with Crippen LogP contribution in [0, 0.1) is 12.7 Å². The zero-order chi connectivity index (χ0) is 23.4. The van der Waals surface area contributed by atoms with Crippen molar-refractivity contribution in [3.8, 4) is 16.9 Å². The molecule has 8 heteroatoms. The summed E-state index contributed by atoms with van der Waals surface area (Å²) in [7, 11) is 0. The first-order valence-corrected chi connectivity index (χ1v) is 11.4. The number of thiophene rings is 1. The van der Waals surface area contributed by atoms with Gasteiger partial charge >= 0.3 is 0 Å². The highest BCUT2D eigenvalue weighted by molar-refractivity contribution is 7.12. The topological polar surface area (TPSA) is 67.2 Å². The third kappa shape index (κ3) is 5.01. The molecular formula is C25H23FN4O2S. The number of amides is 2. The summed E-state index contributed by atoms with van der Waals surface area (Å²) in [6.45, 7) is 3.78. The second-order valence-corrected chi connectivity index (χ2v) is 8.41. The van der Waals surface area contributed by atoms with Gasteiger partial charge in [-0.15, -0.1) is 11.3 Å². The van der Waals surface area contributed by atoms with Crippen molar-refractivity contribution in [2.45, 2.75) is 13.8 Å². The number of anilines is 1. The molecule has 4 rings (SSSR count). The summed E-state index contributed by atoms with van der Waals surface area (Å²) in [5, 5.41) is 4.62. The van der Waals surface area contributed by atoms with Crippen LogP contribution in [0.2, 0.25) is 0 Å². The van der Waals surface area contributed by atoms with E-state index in [4.69, 9.17) is 0 Å². The molecule has 0 bridgehead atoms. The van der Waals surface area contributed by atoms with Gasteiger partial charge in [-0.05, 0) is 43.0 Å². The fourth-order valence-electron chi connectivity index (χ4n) is 3.37. The molecule has 0 aliphatic heterocycles. The number of likely N-dealkylation sites (N-methyl/N-ethyl adjacent to an activating group) is 1. The van der Waals surface area contributed by atoms with Crippen LogP contribution < -0.4 is 5.32 Å². The Balaban J connectivity index is 1.62. The maximum Gasteiger partial charge on any atom is 0.264 e. The second-order valence-electron chi connectivity index (χ2n) is 7.46. The number of carbonyl (C=O) groups excluding carboxylic acids is 2. The first-order valence-electron chi connectivity index (χ1n) is 10.5. The molecule has 0 saturated carbocycles. The first-order chi connectivity index (χ1) is 16.0. The summed E-state index contributed by atoms with van der Waals surface area (Å²) in [4.78, 5) is 32.2. The first kappa shape index (κ1) is 22.4. The van der Waals surface area contributed by atoms with E-state index in [1.807, 2.05) is 42.6 Å². The summed E-state index contributed by atoms with van der Waals surface area (Å²) in [6, 6.07) is 17.9. The fraction of sp³-hybridized carbons (Fsp3) is 0.160. The van der Waals surface area contributed by atoms with Crippen molar-refractivity contribution in [1.82, 2.24) is 14.5 Å². The molecule has 0 unspecified atom stereocenters. The minimum Gasteiger partial charge on any atom is -0.329 e. The van der Waals surface area contributed by atoms with Gasteiger partial charge in [0.15, 0.2) is 0 Å². The molecule has 0 atom stereocenters. The second kappa shape index (κ2) is 9.79. The van der Waals surface area contributed by atoms with Crippen LogP contribution in [0.15, 0.2) is 72.2 Å². The van der Waals surface area contributed by atoms with Crippen LogP contribution in [0.4, 0.5) is 10.3 Å². The van der Waals surface area contributed by atoms with E-state index in [-0.39, 0.29) is 30.1 Å². The van der Waals surface area contributed by atoms with Gasteiger partial charge in [-0.1, -0.05) is 42.5 Å². The van der Waals surface area contributed by atoms with Gasteiger partial charge in [0.05, 0.1) is 16.3 Å². The number of halogens is 1. The molecule has 0 aliphatic rings. The molecule has 0 fully saturated rings. The Labute approximate surface area is 195 Å². The van der Waals surface area contributed by atoms with Crippen molar-refractivity contribution in [1.29, 1.82) is 0 Å². The highest BCUT2D eigenvalue weighted by Crippen LogP contribution is 2.25. The number of nitrogens with zero attached hydrogens (tertiary/aromatic N) is 3. The minimum atomic E-state index is -0.388. The van der Waals surface area contributed by atoms with Gasteiger partial charge in [-0.2, -0.15) is 0 Å². The van der Waals surface area contributed by atoms with Crippen LogP contribution in [0.1, 0.15) is 22.2 Å². The van der Waals surface area contributed by atoms with Crippen LogP contribution in [0.25, 0.3) is 16.9 Å². The van der Waals surface area contributed by atoms with Gasteiger partial charge in [0.2, 0.25) is 11.9 Å². The lowest BCUT2D eigenvalue weighted by Gasteiger charge is -2.19.